The van der Waals surface area contributed by atoms with Crippen LogP contribution in [0, 0.1) is 27.9 Å². The quantitative estimate of drug-likeness (QED) is 0.627. The van der Waals surface area contributed by atoms with Crippen LogP contribution in [-0.2, 0) is 6.54 Å². The van der Waals surface area contributed by atoms with Crippen molar-refractivity contribution in [2.45, 2.75) is 57.5 Å². The fourth-order valence-electron chi connectivity index (χ4n) is 5.71. The standard InChI is InChI=1S/C17H24N4O3/c1-3-20-10-14(21(23)24)15(18-20)16(22)19(2)17-7-11-4-12(8-17)6-13(5-11)9-17/h10-13H,3-9H2,1-2H3. The molecule has 4 saturated carbocycles. The van der Waals surface area contributed by atoms with Crippen molar-refractivity contribution in [3.63, 3.8) is 0 Å². The highest BCUT2D eigenvalue weighted by molar-refractivity contribution is 5.96. The van der Waals surface area contributed by atoms with E-state index in [0.29, 0.717) is 6.54 Å². The van der Waals surface area contributed by atoms with Gasteiger partial charge in [0.05, 0.1) is 4.92 Å². The number of nitrogens with zero attached hydrogens (tertiary/aromatic N) is 4. The molecule has 1 aromatic rings. The first-order valence-electron chi connectivity index (χ1n) is 8.92. The first-order valence-corrected chi connectivity index (χ1v) is 8.92. The van der Waals surface area contributed by atoms with E-state index in [1.165, 1.54) is 30.1 Å². The van der Waals surface area contributed by atoms with E-state index in [9.17, 15) is 14.9 Å². The van der Waals surface area contributed by atoms with Crippen molar-refractivity contribution in [2.24, 2.45) is 17.8 Å². The van der Waals surface area contributed by atoms with Gasteiger partial charge in [-0.25, -0.2) is 0 Å². The van der Waals surface area contributed by atoms with Crippen molar-refractivity contribution in [1.29, 1.82) is 0 Å². The number of aryl methyl sites for hydroxylation is 1. The minimum absolute atomic E-state index is 0.0138. The third-order valence-electron chi connectivity index (χ3n) is 6.49. The number of hydrogen-bond donors (Lipinski definition) is 0. The van der Waals surface area contributed by atoms with Crippen LogP contribution >= 0.6 is 0 Å². The molecule has 130 valence electrons. The van der Waals surface area contributed by atoms with Crippen LogP contribution in [0.25, 0.3) is 0 Å². The Bertz CT molecular complexity index is 661. The van der Waals surface area contributed by atoms with E-state index in [1.54, 1.807) is 4.90 Å². The van der Waals surface area contributed by atoms with E-state index in [0.717, 1.165) is 37.0 Å². The Morgan fingerprint density at radius 3 is 2.33 bits per heavy atom. The van der Waals surface area contributed by atoms with E-state index in [-0.39, 0.29) is 22.8 Å². The molecule has 0 radical (unpaired) electrons. The first kappa shape index (κ1) is 15.6. The summed E-state index contributed by atoms with van der Waals surface area (Å²) in [4.78, 5) is 25.7. The zero-order chi connectivity index (χ0) is 17.1. The molecule has 1 heterocycles. The van der Waals surface area contributed by atoms with Gasteiger partial charge in [0.15, 0.2) is 0 Å². The van der Waals surface area contributed by atoms with Crippen LogP contribution < -0.4 is 0 Å². The lowest BCUT2D eigenvalue weighted by molar-refractivity contribution is -0.385. The van der Waals surface area contributed by atoms with Crippen LogP contribution in [0.3, 0.4) is 0 Å². The molecule has 0 N–H and O–H groups in total. The van der Waals surface area contributed by atoms with E-state index in [4.69, 9.17) is 0 Å². The molecule has 4 bridgehead atoms. The summed E-state index contributed by atoms with van der Waals surface area (Å²) in [7, 11) is 1.82. The van der Waals surface area contributed by atoms with Crippen molar-refractivity contribution in [3.05, 3.63) is 22.0 Å². The Morgan fingerprint density at radius 1 is 1.33 bits per heavy atom. The van der Waals surface area contributed by atoms with Gasteiger partial charge in [0.2, 0.25) is 5.69 Å². The number of carbonyl (C=O) groups excluding carboxylic acids is 1. The summed E-state index contributed by atoms with van der Waals surface area (Å²) in [5.41, 5.74) is -0.311. The van der Waals surface area contributed by atoms with Crippen molar-refractivity contribution >= 4 is 11.6 Å². The second-order valence-electron chi connectivity index (χ2n) is 7.98. The van der Waals surface area contributed by atoms with Gasteiger partial charge < -0.3 is 4.90 Å². The summed E-state index contributed by atoms with van der Waals surface area (Å²) >= 11 is 0. The summed E-state index contributed by atoms with van der Waals surface area (Å²) in [6, 6.07) is 0. The fourth-order valence-corrected chi connectivity index (χ4v) is 5.71. The molecule has 1 aromatic heterocycles. The molecule has 0 aromatic carbocycles. The number of amides is 1. The van der Waals surface area contributed by atoms with Crippen LogP contribution in [0.15, 0.2) is 6.20 Å². The Morgan fingerprint density at radius 2 is 1.88 bits per heavy atom. The third kappa shape index (κ3) is 2.24. The van der Waals surface area contributed by atoms with E-state index < -0.39 is 4.92 Å². The Labute approximate surface area is 141 Å². The van der Waals surface area contributed by atoms with E-state index >= 15 is 0 Å². The molecule has 24 heavy (non-hydrogen) atoms. The lowest BCUT2D eigenvalue weighted by Gasteiger charge is -2.59. The summed E-state index contributed by atoms with van der Waals surface area (Å²) < 4.78 is 1.47. The topological polar surface area (TPSA) is 81.3 Å². The first-order chi connectivity index (χ1) is 11.4. The largest absolute Gasteiger partial charge is 0.334 e. The SMILES string of the molecule is CCn1cc([N+](=O)[O-])c(C(=O)N(C)C23CC4CC(CC(C4)C2)C3)n1. The van der Waals surface area contributed by atoms with Crippen molar-refractivity contribution < 1.29 is 9.72 Å². The highest BCUT2D eigenvalue weighted by atomic mass is 16.6. The van der Waals surface area contributed by atoms with Gasteiger partial charge in [-0.2, -0.15) is 5.10 Å². The predicted molar refractivity (Wildman–Crippen MR) is 87.6 cm³/mol. The minimum atomic E-state index is -0.500. The molecule has 0 unspecified atom stereocenters. The summed E-state index contributed by atoms with van der Waals surface area (Å²) in [6.07, 6.45) is 8.39. The molecule has 4 fully saturated rings. The maximum absolute atomic E-state index is 13.1. The number of hydrogen-bond acceptors (Lipinski definition) is 4. The molecule has 7 nitrogen and oxygen atoms in total. The molecule has 0 spiro atoms. The number of aromatic nitrogens is 2. The van der Waals surface area contributed by atoms with E-state index in [1.807, 2.05) is 14.0 Å². The lowest BCUT2D eigenvalue weighted by atomic mass is 9.52. The molecule has 0 atom stereocenters. The molecule has 5 rings (SSSR count). The molecule has 4 aliphatic carbocycles. The average Bonchev–Trinajstić information content (AvgIpc) is 2.97. The Hall–Kier alpha value is -1.92. The number of carbonyl (C=O) groups is 1. The highest BCUT2D eigenvalue weighted by Crippen LogP contribution is 2.57. The fraction of sp³-hybridized carbons (Fsp3) is 0.765. The minimum Gasteiger partial charge on any atom is -0.334 e. The monoisotopic (exact) mass is 332 g/mol. The Balaban J connectivity index is 1.65. The second-order valence-corrected chi connectivity index (χ2v) is 7.98. The normalized spacial score (nSPS) is 33.7. The van der Waals surface area contributed by atoms with Gasteiger partial charge in [-0.05, 0) is 63.2 Å². The molecule has 0 saturated heterocycles. The smallest absolute Gasteiger partial charge is 0.320 e. The van der Waals surface area contributed by atoms with Crippen LogP contribution in [0.1, 0.15) is 55.9 Å². The zero-order valence-electron chi connectivity index (χ0n) is 14.3. The molecular formula is C17H24N4O3. The van der Waals surface area contributed by atoms with E-state index in [2.05, 4.69) is 5.10 Å². The van der Waals surface area contributed by atoms with Crippen LogP contribution in [-0.4, -0.2) is 38.1 Å². The lowest BCUT2D eigenvalue weighted by Crippen LogP contribution is -2.60. The van der Waals surface area contributed by atoms with Crippen molar-refractivity contribution in [2.75, 3.05) is 7.05 Å². The van der Waals surface area contributed by atoms with Gasteiger partial charge in [-0.15, -0.1) is 0 Å². The maximum atomic E-state index is 13.1. The molecule has 0 aliphatic heterocycles. The number of nitro groups is 1. The van der Waals surface area contributed by atoms with Crippen molar-refractivity contribution in [3.8, 4) is 0 Å². The van der Waals surface area contributed by atoms with Crippen LogP contribution in [0.4, 0.5) is 5.69 Å². The van der Waals surface area contributed by atoms with Gasteiger partial charge in [-0.1, -0.05) is 0 Å². The highest BCUT2D eigenvalue weighted by Gasteiger charge is 2.54. The van der Waals surface area contributed by atoms with Gasteiger partial charge >= 0.3 is 5.69 Å². The number of rotatable bonds is 4. The summed E-state index contributed by atoms with van der Waals surface area (Å²) in [5, 5.41) is 15.5. The molecule has 7 heteroatoms. The molecule has 4 aliphatic rings. The molecular weight excluding hydrogens is 308 g/mol. The van der Waals surface area contributed by atoms with Crippen molar-refractivity contribution in [1.82, 2.24) is 14.7 Å². The van der Waals surface area contributed by atoms with Gasteiger partial charge in [-0.3, -0.25) is 19.6 Å². The van der Waals surface area contributed by atoms with Gasteiger partial charge in [0.25, 0.3) is 5.91 Å². The third-order valence-corrected chi connectivity index (χ3v) is 6.49. The Kier molecular flexibility index (Phi) is 3.44. The van der Waals surface area contributed by atoms with Crippen LogP contribution in [0.5, 0.6) is 0 Å². The zero-order valence-corrected chi connectivity index (χ0v) is 14.3. The maximum Gasteiger partial charge on any atom is 0.320 e. The second kappa shape index (κ2) is 5.29. The molecule has 1 amide bonds. The predicted octanol–water partition coefficient (Wildman–Crippen LogP) is 2.85. The summed E-state index contributed by atoms with van der Waals surface area (Å²) in [6.45, 7) is 2.36. The van der Waals surface area contributed by atoms with Gasteiger partial charge in [0, 0.05) is 19.1 Å². The van der Waals surface area contributed by atoms with Crippen LogP contribution in [0.2, 0.25) is 0 Å². The van der Waals surface area contributed by atoms with Gasteiger partial charge in [0.1, 0.15) is 6.20 Å². The average molecular weight is 332 g/mol. The summed E-state index contributed by atoms with van der Waals surface area (Å²) in [5.74, 6) is 1.86.